The zero-order chi connectivity index (χ0) is 16.1. The zero-order valence-corrected chi connectivity index (χ0v) is 11.9. The van der Waals surface area contributed by atoms with E-state index in [4.69, 9.17) is 9.47 Å². The normalized spacial score (nSPS) is 31.7. The number of hydrogen-bond donors (Lipinski definition) is 4. The number of esters is 1. The third kappa shape index (κ3) is 4.25. The van der Waals surface area contributed by atoms with Crippen molar-refractivity contribution in [3.8, 4) is 0 Å². The van der Waals surface area contributed by atoms with Crippen LogP contribution in [-0.2, 0) is 20.7 Å². The molecule has 0 aliphatic carbocycles. The molecule has 1 fully saturated rings. The Labute approximate surface area is 127 Å². The summed E-state index contributed by atoms with van der Waals surface area (Å²) in [5.74, 6) is -0.477. The van der Waals surface area contributed by atoms with Crippen molar-refractivity contribution in [1.82, 2.24) is 0 Å². The highest BCUT2D eigenvalue weighted by Crippen LogP contribution is 2.20. The predicted octanol–water partition coefficient (Wildman–Crippen LogP) is -1.04. The second-order valence-electron chi connectivity index (χ2n) is 5.21. The van der Waals surface area contributed by atoms with Gasteiger partial charge in [-0.2, -0.15) is 0 Å². The molecule has 1 aliphatic rings. The molecule has 1 aliphatic heterocycles. The molecule has 2 rings (SSSR count). The van der Waals surface area contributed by atoms with E-state index in [0.717, 1.165) is 5.56 Å². The highest BCUT2D eigenvalue weighted by Gasteiger charge is 2.43. The summed E-state index contributed by atoms with van der Waals surface area (Å²) in [6.45, 7) is -0.310. The summed E-state index contributed by atoms with van der Waals surface area (Å²) in [7, 11) is 0. The lowest BCUT2D eigenvalue weighted by Gasteiger charge is -2.37. The van der Waals surface area contributed by atoms with Gasteiger partial charge in [0.25, 0.3) is 0 Å². The van der Waals surface area contributed by atoms with Crippen molar-refractivity contribution in [2.24, 2.45) is 0 Å². The van der Waals surface area contributed by atoms with Crippen molar-refractivity contribution in [2.45, 2.75) is 43.5 Å². The Morgan fingerprint density at radius 3 is 2.41 bits per heavy atom. The SMILES string of the molecule is O=C(CCc1ccccc1)OC[C@H]1O[C@H](O)[C@H](O)[C@@H](O)[C@@H]1O. The first kappa shape index (κ1) is 16.9. The third-order valence-corrected chi connectivity index (χ3v) is 3.56. The Bertz CT molecular complexity index is 478. The van der Waals surface area contributed by atoms with Gasteiger partial charge in [-0.25, -0.2) is 0 Å². The van der Waals surface area contributed by atoms with Crippen LogP contribution in [0.1, 0.15) is 12.0 Å². The first-order valence-electron chi connectivity index (χ1n) is 7.06. The smallest absolute Gasteiger partial charge is 0.306 e. The van der Waals surface area contributed by atoms with Gasteiger partial charge in [-0.15, -0.1) is 0 Å². The van der Waals surface area contributed by atoms with Crippen LogP contribution in [-0.4, -0.2) is 63.7 Å². The number of carbonyl (C=O) groups excluding carboxylic acids is 1. The monoisotopic (exact) mass is 312 g/mol. The standard InChI is InChI=1S/C15H20O7/c16-11(7-6-9-4-2-1-3-5-9)21-8-10-12(17)13(18)14(19)15(20)22-10/h1-5,10,12-15,17-20H,6-8H2/t10-,12-,13+,14-,15+/m1/s1. The van der Waals surface area contributed by atoms with Gasteiger partial charge in [0, 0.05) is 6.42 Å². The van der Waals surface area contributed by atoms with Crippen molar-refractivity contribution < 1.29 is 34.7 Å². The Morgan fingerprint density at radius 2 is 1.73 bits per heavy atom. The van der Waals surface area contributed by atoms with Gasteiger partial charge in [0.2, 0.25) is 0 Å². The van der Waals surface area contributed by atoms with Crippen LogP contribution in [0.3, 0.4) is 0 Å². The van der Waals surface area contributed by atoms with Gasteiger partial charge in [-0.1, -0.05) is 30.3 Å². The van der Waals surface area contributed by atoms with Crippen molar-refractivity contribution in [3.63, 3.8) is 0 Å². The number of aryl methyl sites for hydroxylation is 1. The van der Waals surface area contributed by atoms with Gasteiger partial charge in [0.05, 0.1) is 0 Å². The van der Waals surface area contributed by atoms with Crippen LogP contribution < -0.4 is 0 Å². The summed E-state index contributed by atoms with van der Waals surface area (Å²) in [5, 5.41) is 37.9. The molecule has 22 heavy (non-hydrogen) atoms. The lowest BCUT2D eigenvalue weighted by molar-refractivity contribution is -0.287. The maximum Gasteiger partial charge on any atom is 0.306 e. The van der Waals surface area contributed by atoms with E-state index in [2.05, 4.69) is 0 Å². The predicted molar refractivity (Wildman–Crippen MR) is 74.6 cm³/mol. The average molecular weight is 312 g/mol. The van der Waals surface area contributed by atoms with Gasteiger partial charge >= 0.3 is 5.97 Å². The number of hydrogen-bond acceptors (Lipinski definition) is 7. The van der Waals surface area contributed by atoms with Crippen LogP contribution in [0.2, 0.25) is 0 Å². The maximum atomic E-state index is 11.7. The van der Waals surface area contributed by atoms with Gasteiger partial charge in [-0.3, -0.25) is 4.79 Å². The van der Waals surface area contributed by atoms with Crippen molar-refractivity contribution >= 4 is 5.97 Å². The molecule has 4 N–H and O–H groups in total. The Hall–Kier alpha value is -1.51. The molecule has 1 aromatic carbocycles. The van der Waals surface area contributed by atoms with Gasteiger partial charge < -0.3 is 29.9 Å². The van der Waals surface area contributed by atoms with Crippen LogP contribution in [0, 0.1) is 0 Å². The quantitative estimate of drug-likeness (QED) is 0.513. The van der Waals surface area contributed by atoms with E-state index in [1.54, 1.807) is 0 Å². The van der Waals surface area contributed by atoms with E-state index in [-0.39, 0.29) is 13.0 Å². The van der Waals surface area contributed by atoms with E-state index in [1.165, 1.54) is 0 Å². The molecule has 1 saturated heterocycles. The molecule has 0 radical (unpaired) electrons. The van der Waals surface area contributed by atoms with Crippen molar-refractivity contribution in [2.75, 3.05) is 6.61 Å². The lowest BCUT2D eigenvalue weighted by Crippen LogP contribution is -2.58. The van der Waals surface area contributed by atoms with Crippen LogP contribution in [0.5, 0.6) is 0 Å². The molecule has 7 nitrogen and oxygen atoms in total. The number of benzene rings is 1. The van der Waals surface area contributed by atoms with Crippen LogP contribution >= 0.6 is 0 Å². The summed E-state index contributed by atoms with van der Waals surface area (Å²) < 4.78 is 9.89. The van der Waals surface area contributed by atoms with Crippen LogP contribution in [0.15, 0.2) is 30.3 Å². The molecule has 122 valence electrons. The minimum absolute atomic E-state index is 0.167. The molecule has 0 unspecified atom stereocenters. The van der Waals surface area contributed by atoms with E-state index >= 15 is 0 Å². The van der Waals surface area contributed by atoms with Gasteiger partial charge in [0.1, 0.15) is 31.0 Å². The lowest BCUT2D eigenvalue weighted by atomic mass is 9.99. The molecule has 5 atom stereocenters. The number of ether oxygens (including phenoxy) is 2. The highest BCUT2D eigenvalue weighted by molar-refractivity contribution is 5.69. The van der Waals surface area contributed by atoms with Crippen LogP contribution in [0.4, 0.5) is 0 Å². The maximum absolute atomic E-state index is 11.7. The molecule has 0 bridgehead atoms. The summed E-state index contributed by atoms with van der Waals surface area (Å²) in [4.78, 5) is 11.7. The minimum atomic E-state index is -1.63. The van der Waals surface area contributed by atoms with Crippen LogP contribution in [0.25, 0.3) is 0 Å². The van der Waals surface area contributed by atoms with Crippen molar-refractivity contribution in [3.05, 3.63) is 35.9 Å². The summed E-state index contributed by atoms with van der Waals surface area (Å²) in [6.07, 6.45) is -6.63. The Kier molecular flexibility index (Phi) is 5.87. The fourth-order valence-electron chi connectivity index (χ4n) is 2.21. The number of aliphatic hydroxyl groups excluding tert-OH is 4. The first-order chi connectivity index (χ1) is 10.5. The molecule has 1 aromatic rings. The topological polar surface area (TPSA) is 116 Å². The Morgan fingerprint density at radius 1 is 1.05 bits per heavy atom. The third-order valence-electron chi connectivity index (χ3n) is 3.56. The number of carbonyl (C=O) groups is 1. The Balaban J connectivity index is 1.76. The van der Waals surface area contributed by atoms with Gasteiger partial charge in [0.15, 0.2) is 6.29 Å². The van der Waals surface area contributed by atoms with Gasteiger partial charge in [-0.05, 0) is 12.0 Å². The summed E-state index contributed by atoms with van der Waals surface area (Å²) >= 11 is 0. The summed E-state index contributed by atoms with van der Waals surface area (Å²) in [6, 6.07) is 9.43. The number of rotatable bonds is 5. The fourth-order valence-corrected chi connectivity index (χ4v) is 2.21. The highest BCUT2D eigenvalue weighted by atomic mass is 16.6. The molecule has 0 aromatic heterocycles. The van der Waals surface area contributed by atoms with E-state index in [0.29, 0.717) is 6.42 Å². The van der Waals surface area contributed by atoms with E-state index < -0.39 is 36.7 Å². The summed E-state index contributed by atoms with van der Waals surface area (Å²) in [5.41, 5.74) is 1.00. The molecular weight excluding hydrogens is 292 g/mol. The molecule has 0 saturated carbocycles. The largest absolute Gasteiger partial charge is 0.463 e. The molecule has 0 spiro atoms. The molecule has 7 heteroatoms. The fraction of sp³-hybridized carbons (Fsp3) is 0.533. The second-order valence-corrected chi connectivity index (χ2v) is 5.21. The van der Waals surface area contributed by atoms with Crippen molar-refractivity contribution in [1.29, 1.82) is 0 Å². The van der Waals surface area contributed by atoms with E-state index in [9.17, 15) is 25.2 Å². The average Bonchev–Trinajstić information content (AvgIpc) is 2.54. The minimum Gasteiger partial charge on any atom is -0.463 e. The molecule has 1 heterocycles. The molecular formula is C15H20O7. The van der Waals surface area contributed by atoms with E-state index in [1.807, 2.05) is 30.3 Å². The second kappa shape index (κ2) is 7.66. The molecule has 0 amide bonds. The zero-order valence-electron chi connectivity index (χ0n) is 11.9. The first-order valence-corrected chi connectivity index (χ1v) is 7.06. The number of aliphatic hydroxyl groups is 4.